The Morgan fingerprint density at radius 2 is 1.82 bits per heavy atom. The van der Waals surface area contributed by atoms with Gasteiger partial charge in [-0.2, -0.15) is 0 Å². The van der Waals surface area contributed by atoms with Crippen LogP contribution in [-0.4, -0.2) is 15.0 Å². The number of hydrogen-bond acceptors (Lipinski definition) is 2. The predicted molar refractivity (Wildman–Crippen MR) is 73.7 cm³/mol. The molecular formula is C10H7BrCl3N3. The largest absolute Gasteiger partial charge is 0.219 e. The van der Waals surface area contributed by atoms with Gasteiger partial charge in [-0.1, -0.05) is 55.9 Å². The van der Waals surface area contributed by atoms with E-state index in [9.17, 15) is 0 Å². The Bertz CT molecular complexity index is 554. The number of aromatic nitrogens is 3. The van der Waals surface area contributed by atoms with Gasteiger partial charge in [0.15, 0.2) is 0 Å². The summed E-state index contributed by atoms with van der Waals surface area (Å²) in [6.07, 6.45) is 1.78. The first-order chi connectivity index (χ1) is 7.99. The van der Waals surface area contributed by atoms with Gasteiger partial charge in [-0.15, -0.1) is 5.10 Å². The highest BCUT2D eigenvalue weighted by atomic mass is 79.9. The molecule has 2 rings (SSSR count). The standard InChI is InChI=1S/C10H7BrCl3N3/c1-5(11)9-4-17(16-15-9)10-3-7(13)6(12)2-8(10)14/h2-5H,1H3. The summed E-state index contributed by atoms with van der Waals surface area (Å²) in [6, 6.07) is 3.24. The van der Waals surface area contributed by atoms with E-state index in [2.05, 4.69) is 26.2 Å². The summed E-state index contributed by atoms with van der Waals surface area (Å²) >= 11 is 21.3. The molecule has 0 N–H and O–H groups in total. The average molecular weight is 355 g/mol. The highest BCUT2D eigenvalue weighted by Crippen LogP contribution is 2.31. The second-order valence-corrected chi connectivity index (χ2v) is 6.02. The van der Waals surface area contributed by atoms with E-state index in [4.69, 9.17) is 34.8 Å². The van der Waals surface area contributed by atoms with Crippen molar-refractivity contribution in [2.24, 2.45) is 0 Å². The van der Waals surface area contributed by atoms with Crippen LogP contribution in [0.2, 0.25) is 15.1 Å². The van der Waals surface area contributed by atoms with E-state index in [1.165, 1.54) is 0 Å². The maximum Gasteiger partial charge on any atom is 0.0965 e. The first-order valence-electron chi connectivity index (χ1n) is 4.70. The maximum atomic E-state index is 6.08. The van der Waals surface area contributed by atoms with Gasteiger partial charge < -0.3 is 0 Å². The Morgan fingerprint density at radius 1 is 1.18 bits per heavy atom. The molecule has 1 aromatic heterocycles. The third-order valence-electron chi connectivity index (χ3n) is 2.16. The Kier molecular flexibility index (Phi) is 3.98. The van der Waals surface area contributed by atoms with Crippen LogP contribution >= 0.6 is 50.7 Å². The number of alkyl halides is 1. The summed E-state index contributed by atoms with van der Waals surface area (Å²) in [5.41, 5.74) is 1.46. The zero-order valence-corrected chi connectivity index (χ0v) is 12.5. The maximum absolute atomic E-state index is 6.08. The van der Waals surface area contributed by atoms with E-state index in [0.29, 0.717) is 20.8 Å². The number of nitrogens with zero attached hydrogens (tertiary/aromatic N) is 3. The fourth-order valence-corrected chi connectivity index (χ4v) is 2.10. The van der Waals surface area contributed by atoms with Crippen molar-refractivity contribution < 1.29 is 0 Å². The predicted octanol–water partition coefficient (Wildman–Crippen LogP) is 4.68. The van der Waals surface area contributed by atoms with Crippen molar-refractivity contribution in [2.75, 3.05) is 0 Å². The van der Waals surface area contributed by atoms with Crippen molar-refractivity contribution in [1.82, 2.24) is 15.0 Å². The Labute approximate surface area is 122 Å². The number of halogens is 4. The average Bonchev–Trinajstić information content (AvgIpc) is 2.72. The van der Waals surface area contributed by atoms with Gasteiger partial charge in [0.2, 0.25) is 0 Å². The molecule has 1 atom stereocenters. The topological polar surface area (TPSA) is 30.7 Å². The fourth-order valence-electron chi connectivity index (χ4n) is 1.26. The number of hydrogen-bond donors (Lipinski definition) is 0. The van der Waals surface area contributed by atoms with Crippen LogP contribution in [0.3, 0.4) is 0 Å². The van der Waals surface area contributed by atoms with Crippen LogP contribution in [0.1, 0.15) is 17.4 Å². The Balaban J connectivity index is 2.49. The summed E-state index contributed by atoms with van der Waals surface area (Å²) in [4.78, 5) is 0.123. The molecule has 0 amide bonds. The minimum Gasteiger partial charge on any atom is -0.219 e. The van der Waals surface area contributed by atoms with Gasteiger partial charge in [-0.05, 0) is 19.1 Å². The van der Waals surface area contributed by atoms with E-state index in [0.717, 1.165) is 5.69 Å². The van der Waals surface area contributed by atoms with Crippen LogP contribution in [0.5, 0.6) is 0 Å². The van der Waals surface area contributed by atoms with Gasteiger partial charge in [0.1, 0.15) is 0 Å². The molecule has 1 aromatic carbocycles. The van der Waals surface area contributed by atoms with E-state index in [1.54, 1.807) is 23.0 Å². The number of benzene rings is 1. The third-order valence-corrected chi connectivity index (χ3v) is 3.65. The van der Waals surface area contributed by atoms with Crippen LogP contribution in [-0.2, 0) is 0 Å². The minimum absolute atomic E-state index is 0.123. The lowest BCUT2D eigenvalue weighted by atomic mass is 10.3. The molecular weight excluding hydrogens is 348 g/mol. The zero-order valence-electron chi connectivity index (χ0n) is 8.66. The molecule has 17 heavy (non-hydrogen) atoms. The van der Waals surface area contributed by atoms with E-state index in [1.807, 2.05) is 6.92 Å². The van der Waals surface area contributed by atoms with Crippen molar-refractivity contribution in [3.63, 3.8) is 0 Å². The van der Waals surface area contributed by atoms with Crippen LogP contribution < -0.4 is 0 Å². The Hall–Kier alpha value is -0.290. The minimum atomic E-state index is 0.123. The highest BCUT2D eigenvalue weighted by Gasteiger charge is 2.12. The molecule has 0 saturated heterocycles. The molecule has 0 aliphatic heterocycles. The third kappa shape index (κ3) is 2.76. The quantitative estimate of drug-likeness (QED) is 0.578. The lowest BCUT2D eigenvalue weighted by molar-refractivity contribution is 0.798. The van der Waals surface area contributed by atoms with E-state index < -0.39 is 0 Å². The van der Waals surface area contributed by atoms with Gasteiger partial charge in [0.05, 0.1) is 37.5 Å². The van der Waals surface area contributed by atoms with Crippen molar-refractivity contribution in [3.8, 4) is 5.69 Å². The molecule has 1 unspecified atom stereocenters. The SMILES string of the molecule is CC(Br)c1cn(-c2cc(Cl)c(Cl)cc2Cl)nn1. The van der Waals surface area contributed by atoms with Crippen LogP contribution in [0.4, 0.5) is 0 Å². The highest BCUT2D eigenvalue weighted by molar-refractivity contribution is 9.09. The molecule has 0 bridgehead atoms. The second-order valence-electron chi connectivity index (χ2n) is 3.42. The van der Waals surface area contributed by atoms with Crippen molar-refractivity contribution in [3.05, 3.63) is 39.1 Å². The second kappa shape index (κ2) is 5.14. The summed E-state index contributed by atoms with van der Waals surface area (Å²) in [7, 11) is 0. The Morgan fingerprint density at radius 3 is 2.41 bits per heavy atom. The van der Waals surface area contributed by atoms with Gasteiger partial charge in [-0.3, -0.25) is 0 Å². The summed E-state index contributed by atoms with van der Waals surface area (Å²) in [5.74, 6) is 0. The molecule has 90 valence electrons. The van der Waals surface area contributed by atoms with Crippen molar-refractivity contribution in [1.29, 1.82) is 0 Å². The molecule has 0 spiro atoms. The molecule has 3 nitrogen and oxygen atoms in total. The van der Waals surface area contributed by atoms with Crippen LogP contribution in [0, 0.1) is 0 Å². The first kappa shape index (κ1) is 13.1. The van der Waals surface area contributed by atoms with E-state index >= 15 is 0 Å². The normalized spacial score (nSPS) is 12.8. The van der Waals surface area contributed by atoms with Crippen molar-refractivity contribution >= 4 is 50.7 Å². The molecule has 0 aliphatic rings. The lowest BCUT2D eigenvalue weighted by Crippen LogP contribution is -1.96. The molecule has 0 radical (unpaired) electrons. The molecule has 1 heterocycles. The zero-order chi connectivity index (χ0) is 12.6. The van der Waals surface area contributed by atoms with Gasteiger partial charge in [0, 0.05) is 0 Å². The fraction of sp³-hybridized carbons (Fsp3) is 0.200. The van der Waals surface area contributed by atoms with Crippen LogP contribution in [0.15, 0.2) is 18.3 Å². The smallest absolute Gasteiger partial charge is 0.0965 e. The number of rotatable bonds is 2. The van der Waals surface area contributed by atoms with Crippen molar-refractivity contribution in [2.45, 2.75) is 11.8 Å². The molecule has 7 heteroatoms. The van der Waals surface area contributed by atoms with Crippen LogP contribution in [0.25, 0.3) is 5.69 Å². The van der Waals surface area contributed by atoms with Gasteiger partial charge in [-0.25, -0.2) is 4.68 Å². The van der Waals surface area contributed by atoms with Gasteiger partial charge in [0.25, 0.3) is 0 Å². The van der Waals surface area contributed by atoms with E-state index in [-0.39, 0.29) is 4.83 Å². The summed E-state index contributed by atoms with van der Waals surface area (Å²) < 4.78 is 1.57. The molecule has 0 saturated carbocycles. The summed E-state index contributed by atoms with van der Waals surface area (Å²) in [5, 5.41) is 9.31. The van der Waals surface area contributed by atoms with Gasteiger partial charge >= 0.3 is 0 Å². The molecule has 0 aliphatic carbocycles. The first-order valence-corrected chi connectivity index (χ1v) is 6.75. The molecule has 2 aromatic rings. The molecule has 0 fully saturated rings. The monoisotopic (exact) mass is 353 g/mol. The summed E-state index contributed by atoms with van der Waals surface area (Å²) in [6.45, 7) is 1.96. The lowest BCUT2D eigenvalue weighted by Gasteiger charge is -2.05.